The molecule has 0 saturated carbocycles. The molecular formula is C19H17FN2O3. The summed E-state index contributed by atoms with van der Waals surface area (Å²) in [6.45, 7) is 0. The van der Waals surface area contributed by atoms with Crippen molar-refractivity contribution in [1.82, 2.24) is 5.32 Å². The lowest BCUT2D eigenvalue weighted by molar-refractivity contribution is -0.115. The Morgan fingerprint density at radius 2 is 1.72 bits per heavy atom. The van der Waals surface area contributed by atoms with Crippen molar-refractivity contribution in [2.45, 2.75) is 6.42 Å². The lowest BCUT2D eigenvalue weighted by Gasteiger charge is -2.05. The Balaban J connectivity index is 1.84. The molecule has 6 heteroatoms. The predicted molar refractivity (Wildman–Crippen MR) is 93.2 cm³/mol. The first kappa shape index (κ1) is 16.7. The van der Waals surface area contributed by atoms with E-state index in [1.54, 1.807) is 50.6 Å². The number of carbonyl (C=O) groups excluding carboxylic acids is 1. The van der Waals surface area contributed by atoms with E-state index in [4.69, 9.17) is 9.47 Å². The fraction of sp³-hybridized carbons (Fsp3) is 0.158. The van der Waals surface area contributed by atoms with Crippen molar-refractivity contribution in [1.29, 1.82) is 0 Å². The molecule has 0 saturated heterocycles. The number of hydrogen-bond acceptors (Lipinski definition) is 4. The number of methoxy groups -OCH3 is 2. The summed E-state index contributed by atoms with van der Waals surface area (Å²) in [5, 5.41) is 2.73. The molecule has 0 bridgehead atoms. The standard InChI is InChI=1S/C19H17FN2O3/c1-24-15-7-13(8-16(11-15)25-2)9-17-19(23)22-18(21-17)10-12-3-5-14(20)6-4-12/h3-9,11H,10H2,1-2H3,(H,21,22,23)/b17-9+. The number of carbonyl (C=O) groups is 1. The summed E-state index contributed by atoms with van der Waals surface area (Å²) in [5.74, 6) is 1.20. The van der Waals surface area contributed by atoms with E-state index in [0.29, 0.717) is 29.5 Å². The van der Waals surface area contributed by atoms with Crippen LogP contribution >= 0.6 is 0 Å². The van der Waals surface area contributed by atoms with Crippen molar-refractivity contribution >= 4 is 17.8 Å². The van der Waals surface area contributed by atoms with Gasteiger partial charge < -0.3 is 14.8 Å². The molecule has 1 N–H and O–H groups in total. The second-order valence-electron chi connectivity index (χ2n) is 5.49. The Bertz CT molecular complexity index is 835. The van der Waals surface area contributed by atoms with Crippen LogP contribution < -0.4 is 14.8 Å². The number of hydrogen-bond donors (Lipinski definition) is 1. The van der Waals surface area contributed by atoms with Crippen LogP contribution in [-0.2, 0) is 11.2 Å². The molecule has 2 aromatic carbocycles. The molecule has 0 fully saturated rings. The van der Waals surface area contributed by atoms with Crippen molar-refractivity contribution in [3.63, 3.8) is 0 Å². The van der Waals surface area contributed by atoms with Crippen LogP contribution in [0.3, 0.4) is 0 Å². The molecule has 5 nitrogen and oxygen atoms in total. The van der Waals surface area contributed by atoms with Crippen molar-refractivity contribution in [2.75, 3.05) is 14.2 Å². The molecular weight excluding hydrogens is 323 g/mol. The van der Waals surface area contributed by atoms with E-state index < -0.39 is 0 Å². The maximum absolute atomic E-state index is 13.0. The number of amides is 1. The lowest BCUT2D eigenvalue weighted by atomic mass is 10.1. The topological polar surface area (TPSA) is 59.9 Å². The number of ether oxygens (including phenoxy) is 2. The zero-order chi connectivity index (χ0) is 17.8. The fourth-order valence-corrected chi connectivity index (χ4v) is 2.47. The highest BCUT2D eigenvalue weighted by Crippen LogP contribution is 2.25. The van der Waals surface area contributed by atoms with Gasteiger partial charge in [-0.15, -0.1) is 0 Å². The molecule has 25 heavy (non-hydrogen) atoms. The third kappa shape index (κ3) is 4.03. The molecule has 2 aromatic rings. The molecule has 3 rings (SSSR count). The SMILES string of the molecule is COc1cc(/C=C2/N=C(Cc3ccc(F)cc3)NC2=O)cc(OC)c1. The van der Waals surface area contributed by atoms with Gasteiger partial charge in [0, 0.05) is 12.5 Å². The third-order valence-corrected chi connectivity index (χ3v) is 3.71. The Kier molecular flexibility index (Phi) is 4.79. The van der Waals surface area contributed by atoms with Crippen molar-refractivity contribution in [3.05, 3.63) is 65.1 Å². The fourth-order valence-electron chi connectivity index (χ4n) is 2.47. The minimum absolute atomic E-state index is 0.279. The van der Waals surface area contributed by atoms with Crippen LogP contribution in [0.15, 0.2) is 53.2 Å². The summed E-state index contributed by atoms with van der Waals surface area (Å²) in [5.41, 5.74) is 1.91. The van der Waals surface area contributed by atoms with Gasteiger partial charge in [-0.25, -0.2) is 9.38 Å². The number of benzene rings is 2. The number of nitrogens with zero attached hydrogens (tertiary/aromatic N) is 1. The van der Waals surface area contributed by atoms with Gasteiger partial charge in [0.05, 0.1) is 14.2 Å². The van der Waals surface area contributed by atoms with Gasteiger partial charge in [0.15, 0.2) is 0 Å². The zero-order valence-electron chi connectivity index (χ0n) is 13.9. The van der Waals surface area contributed by atoms with Crippen LogP contribution in [0.2, 0.25) is 0 Å². The number of halogens is 1. The van der Waals surface area contributed by atoms with E-state index in [-0.39, 0.29) is 11.7 Å². The summed E-state index contributed by atoms with van der Waals surface area (Å²) >= 11 is 0. The van der Waals surface area contributed by atoms with E-state index in [1.165, 1.54) is 12.1 Å². The first-order chi connectivity index (χ1) is 12.1. The number of nitrogens with one attached hydrogen (secondary N) is 1. The second-order valence-corrected chi connectivity index (χ2v) is 5.49. The summed E-state index contributed by atoms with van der Waals surface area (Å²) < 4.78 is 23.4. The van der Waals surface area contributed by atoms with Gasteiger partial charge >= 0.3 is 0 Å². The van der Waals surface area contributed by atoms with Gasteiger partial charge in [0.1, 0.15) is 28.8 Å². The maximum atomic E-state index is 13.0. The van der Waals surface area contributed by atoms with E-state index in [0.717, 1.165) is 11.1 Å². The number of rotatable bonds is 5. The van der Waals surface area contributed by atoms with E-state index >= 15 is 0 Å². The minimum atomic E-state index is -0.297. The molecule has 0 aliphatic carbocycles. The normalized spacial score (nSPS) is 15.1. The summed E-state index contributed by atoms with van der Waals surface area (Å²) in [7, 11) is 3.12. The van der Waals surface area contributed by atoms with Gasteiger partial charge in [0.25, 0.3) is 5.91 Å². The molecule has 1 aliphatic rings. The predicted octanol–water partition coefficient (Wildman–Crippen LogP) is 2.95. The zero-order valence-corrected chi connectivity index (χ0v) is 13.9. The number of amidine groups is 1. The second kappa shape index (κ2) is 7.17. The lowest BCUT2D eigenvalue weighted by Crippen LogP contribution is -2.25. The van der Waals surface area contributed by atoms with E-state index in [9.17, 15) is 9.18 Å². The van der Waals surface area contributed by atoms with E-state index in [2.05, 4.69) is 10.3 Å². The minimum Gasteiger partial charge on any atom is -0.497 e. The molecule has 0 radical (unpaired) electrons. The van der Waals surface area contributed by atoms with Gasteiger partial charge in [-0.3, -0.25) is 4.79 Å². The quantitative estimate of drug-likeness (QED) is 0.852. The van der Waals surface area contributed by atoms with Crippen LogP contribution in [0.5, 0.6) is 11.5 Å². The first-order valence-corrected chi connectivity index (χ1v) is 7.65. The van der Waals surface area contributed by atoms with Crippen molar-refractivity contribution < 1.29 is 18.7 Å². The van der Waals surface area contributed by atoms with Crippen molar-refractivity contribution in [3.8, 4) is 11.5 Å². The highest BCUT2D eigenvalue weighted by Gasteiger charge is 2.20. The van der Waals surface area contributed by atoms with Gasteiger partial charge in [-0.05, 0) is 41.5 Å². The van der Waals surface area contributed by atoms with Gasteiger partial charge in [-0.2, -0.15) is 0 Å². The van der Waals surface area contributed by atoms with Crippen LogP contribution in [0, 0.1) is 5.82 Å². The van der Waals surface area contributed by atoms with Crippen molar-refractivity contribution in [2.24, 2.45) is 4.99 Å². The Morgan fingerprint density at radius 3 is 2.32 bits per heavy atom. The molecule has 0 unspecified atom stereocenters. The number of aliphatic imine (C=N–C) groups is 1. The van der Waals surface area contributed by atoms with Crippen LogP contribution in [-0.4, -0.2) is 26.0 Å². The Morgan fingerprint density at radius 1 is 1.08 bits per heavy atom. The van der Waals surface area contributed by atoms with Gasteiger partial charge in [-0.1, -0.05) is 12.1 Å². The van der Waals surface area contributed by atoms with Crippen LogP contribution in [0.1, 0.15) is 11.1 Å². The molecule has 0 spiro atoms. The molecule has 128 valence electrons. The largest absolute Gasteiger partial charge is 0.497 e. The summed E-state index contributed by atoms with van der Waals surface area (Å²) in [6.07, 6.45) is 2.09. The molecule has 1 heterocycles. The average Bonchev–Trinajstić information content (AvgIpc) is 2.95. The Labute approximate surface area is 144 Å². The van der Waals surface area contributed by atoms with E-state index in [1.807, 2.05) is 0 Å². The Hall–Kier alpha value is -3.15. The smallest absolute Gasteiger partial charge is 0.275 e. The molecule has 0 aromatic heterocycles. The highest BCUT2D eigenvalue weighted by atomic mass is 19.1. The summed E-state index contributed by atoms with van der Waals surface area (Å²) in [4.78, 5) is 16.5. The highest BCUT2D eigenvalue weighted by molar-refractivity contribution is 6.14. The van der Waals surface area contributed by atoms with Crippen LogP contribution in [0.4, 0.5) is 4.39 Å². The maximum Gasteiger partial charge on any atom is 0.275 e. The monoisotopic (exact) mass is 340 g/mol. The summed E-state index contributed by atoms with van der Waals surface area (Å²) in [6, 6.07) is 11.4. The van der Waals surface area contributed by atoms with Crippen LogP contribution in [0.25, 0.3) is 6.08 Å². The first-order valence-electron chi connectivity index (χ1n) is 7.65. The molecule has 1 amide bonds. The third-order valence-electron chi connectivity index (χ3n) is 3.71. The average molecular weight is 340 g/mol. The molecule has 0 atom stereocenters. The molecule has 1 aliphatic heterocycles. The van der Waals surface area contributed by atoms with Gasteiger partial charge in [0.2, 0.25) is 0 Å².